The minimum atomic E-state index is -1.95. The number of hydrogen-bond acceptors (Lipinski definition) is 8. The molecule has 1 N–H and O–H groups in total. The molecule has 1 aliphatic heterocycles. The van der Waals surface area contributed by atoms with E-state index in [1.807, 2.05) is 0 Å². The van der Waals surface area contributed by atoms with Crippen LogP contribution in [0.5, 0.6) is 0 Å². The van der Waals surface area contributed by atoms with Gasteiger partial charge in [0.1, 0.15) is 6.10 Å². The molecule has 35 heavy (non-hydrogen) atoms. The van der Waals surface area contributed by atoms with Gasteiger partial charge in [-0.1, -0.05) is 60.7 Å². The molecule has 1 atom stereocenters. The molecule has 1 aliphatic rings. The highest BCUT2D eigenvalue weighted by molar-refractivity contribution is 5.85. The van der Waals surface area contributed by atoms with Crippen molar-refractivity contribution in [3.8, 4) is 0 Å². The van der Waals surface area contributed by atoms with Crippen LogP contribution in [0.3, 0.4) is 0 Å². The summed E-state index contributed by atoms with van der Waals surface area (Å²) in [5.41, 5.74) is -1.13. The molecular formula is C26H32N2O7. The molecule has 0 radical (unpaired) electrons. The van der Waals surface area contributed by atoms with Crippen molar-refractivity contribution in [2.45, 2.75) is 37.8 Å². The summed E-state index contributed by atoms with van der Waals surface area (Å²) in [7, 11) is 3.46. The lowest BCUT2D eigenvalue weighted by Crippen LogP contribution is -2.45. The molecule has 0 bridgehead atoms. The first-order valence-electron chi connectivity index (χ1n) is 11.5. The predicted octanol–water partition coefficient (Wildman–Crippen LogP) is 2.52. The minimum Gasteiger partial charge on any atom is -0.460 e. The molecule has 188 valence electrons. The van der Waals surface area contributed by atoms with Crippen LogP contribution in [0.2, 0.25) is 0 Å². The van der Waals surface area contributed by atoms with Gasteiger partial charge in [-0.15, -0.1) is 0 Å². The van der Waals surface area contributed by atoms with Crippen LogP contribution in [0.4, 0.5) is 4.79 Å². The smallest absolute Gasteiger partial charge is 0.412 e. The van der Waals surface area contributed by atoms with Gasteiger partial charge in [-0.2, -0.15) is 0 Å². The Balaban J connectivity index is 1.57. The largest absolute Gasteiger partial charge is 0.460 e. The number of carbonyl (C=O) groups is 3. The standard InChI is InChI=1S/C26H32N2O7/c1-19(33-23(29)18-27(2)3)34-25(31)28-16-14-22(15-17-28)35-24(30)26(32,20-10-6-4-7-11-20)21-12-8-5-9-13-21/h4-13,19,22,32H,14-18H2,1-3H3. The van der Waals surface area contributed by atoms with Crippen molar-refractivity contribution in [3.05, 3.63) is 71.8 Å². The van der Waals surface area contributed by atoms with Crippen molar-refractivity contribution in [3.63, 3.8) is 0 Å². The van der Waals surface area contributed by atoms with Gasteiger partial charge in [0.25, 0.3) is 0 Å². The molecule has 3 rings (SSSR count). The molecule has 9 heteroatoms. The summed E-state index contributed by atoms with van der Waals surface area (Å²) in [6, 6.07) is 17.3. The number of esters is 2. The van der Waals surface area contributed by atoms with Gasteiger partial charge in [0.15, 0.2) is 0 Å². The summed E-state index contributed by atoms with van der Waals surface area (Å²) in [6.07, 6.45) is -1.33. The molecule has 0 aliphatic carbocycles. The highest BCUT2D eigenvalue weighted by Gasteiger charge is 2.43. The summed E-state index contributed by atoms with van der Waals surface area (Å²) >= 11 is 0. The number of likely N-dealkylation sites (tertiary alicyclic amines) is 1. The average molecular weight is 485 g/mol. The first kappa shape index (κ1) is 26.2. The van der Waals surface area contributed by atoms with Gasteiger partial charge in [0, 0.05) is 32.9 Å². The molecule has 1 heterocycles. The predicted molar refractivity (Wildman–Crippen MR) is 127 cm³/mol. The number of aliphatic hydroxyl groups is 1. The quantitative estimate of drug-likeness (QED) is 0.450. The van der Waals surface area contributed by atoms with Gasteiger partial charge in [0.2, 0.25) is 11.9 Å². The fraction of sp³-hybridized carbons (Fsp3) is 0.423. The van der Waals surface area contributed by atoms with Crippen molar-refractivity contribution in [2.24, 2.45) is 0 Å². The Kier molecular flexibility index (Phi) is 8.84. The van der Waals surface area contributed by atoms with Crippen LogP contribution in [-0.2, 0) is 29.4 Å². The van der Waals surface area contributed by atoms with Crippen LogP contribution in [0.25, 0.3) is 0 Å². The van der Waals surface area contributed by atoms with E-state index in [9.17, 15) is 19.5 Å². The number of amides is 1. The average Bonchev–Trinajstić information content (AvgIpc) is 2.84. The second kappa shape index (κ2) is 11.8. The van der Waals surface area contributed by atoms with E-state index in [1.54, 1.807) is 79.7 Å². The van der Waals surface area contributed by atoms with Crippen molar-refractivity contribution < 1.29 is 33.7 Å². The van der Waals surface area contributed by atoms with Crippen LogP contribution in [0, 0.1) is 0 Å². The van der Waals surface area contributed by atoms with Crippen molar-refractivity contribution in [1.82, 2.24) is 9.80 Å². The summed E-state index contributed by atoms with van der Waals surface area (Å²) in [6.45, 7) is 2.15. The monoisotopic (exact) mass is 484 g/mol. The van der Waals surface area contributed by atoms with E-state index < -0.39 is 36.0 Å². The Morgan fingerprint density at radius 2 is 1.49 bits per heavy atom. The minimum absolute atomic E-state index is 0.0803. The Morgan fingerprint density at radius 1 is 0.971 bits per heavy atom. The number of ether oxygens (including phenoxy) is 3. The summed E-state index contributed by atoms with van der Waals surface area (Å²) in [5.74, 6) is -1.26. The molecule has 1 amide bonds. The second-order valence-corrected chi connectivity index (χ2v) is 8.71. The SMILES string of the molecule is CC(OC(=O)CN(C)C)OC(=O)N1CCC(OC(=O)C(O)(c2ccccc2)c2ccccc2)CC1. The van der Waals surface area contributed by atoms with Gasteiger partial charge in [-0.05, 0) is 25.2 Å². The van der Waals surface area contributed by atoms with E-state index in [0.717, 1.165) is 0 Å². The molecule has 9 nitrogen and oxygen atoms in total. The van der Waals surface area contributed by atoms with Gasteiger partial charge in [-0.3, -0.25) is 9.69 Å². The Morgan fingerprint density at radius 3 is 1.97 bits per heavy atom. The van der Waals surface area contributed by atoms with Crippen molar-refractivity contribution in [2.75, 3.05) is 33.7 Å². The number of piperidine rings is 1. The number of carbonyl (C=O) groups excluding carboxylic acids is 3. The lowest BCUT2D eigenvalue weighted by molar-refractivity contribution is -0.170. The van der Waals surface area contributed by atoms with E-state index in [4.69, 9.17) is 14.2 Å². The van der Waals surface area contributed by atoms with Crippen LogP contribution < -0.4 is 0 Å². The summed E-state index contributed by atoms with van der Waals surface area (Å²) < 4.78 is 16.0. The molecule has 0 saturated carbocycles. The maximum absolute atomic E-state index is 13.2. The number of likely N-dealkylation sites (N-methyl/N-ethyl adjacent to an activating group) is 1. The fourth-order valence-electron chi connectivity index (χ4n) is 3.88. The molecule has 0 spiro atoms. The lowest BCUT2D eigenvalue weighted by atomic mass is 9.86. The molecular weight excluding hydrogens is 452 g/mol. The van der Waals surface area contributed by atoms with E-state index in [1.165, 1.54) is 11.8 Å². The molecule has 0 aromatic heterocycles. The number of hydrogen-bond donors (Lipinski definition) is 1. The van der Waals surface area contributed by atoms with Crippen LogP contribution in [0.1, 0.15) is 30.9 Å². The zero-order valence-electron chi connectivity index (χ0n) is 20.3. The zero-order chi connectivity index (χ0) is 25.4. The number of nitrogens with zero attached hydrogens (tertiary/aromatic N) is 2. The Hall–Kier alpha value is -3.43. The van der Waals surface area contributed by atoms with E-state index in [-0.39, 0.29) is 6.54 Å². The molecule has 1 unspecified atom stereocenters. The number of rotatable bonds is 8. The Labute approximate surface area is 205 Å². The first-order chi connectivity index (χ1) is 16.7. The van der Waals surface area contributed by atoms with Gasteiger partial charge in [-0.25, -0.2) is 9.59 Å². The summed E-state index contributed by atoms with van der Waals surface area (Å²) in [4.78, 5) is 40.5. The van der Waals surface area contributed by atoms with Crippen LogP contribution in [-0.4, -0.2) is 79.1 Å². The molecule has 2 aromatic rings. The highest BCUT2D eigenvalue weighted by Crippen LogP contribution is 2.32. The van der Waals surface area contributed by atoms with Gasteiger partial charge in [0.05, 0.1) is 6.54 Å². The fourth-order valence-corrected chi connectivity index (χ4v) is 3.88. The number of benzene rings is 2. The summed E-state index contributed by atoms with van der Waals surface area (Å²) in [5, 5.41) is 11.5. The van der Waals surface area contributed by atoms with Gasteiger partial charge < -0.3 is 24.2 Å². The Bertz CT molecular complexity index is 950. The zero-order valence-corrected chi connectivity index (χ0v) is 20.3. The third-order valence-electron chi connectivity index (χ3n) is 5.66. The van der Waals surface area contributed by atoms with Gasteiger partial charge >= 0.3 is 18.0 Å². The first-order valence-corrected chi connectivity index (χ1v) is 11.5. The van der Waals surface area contributed by atoms with Crippen molar-refractivity contribution >= 4 is 18.0 Å². The maximum atomic E-state index is 13.2. The molecule has 1 fully saturated rings. The van der Waals surface area contributed by atoms with E-state index >= 15 is 0 Å². The van der Waals surface area contributed by atoms with Crippen molar-refractivity contribution in [1.29, 1.82) is 0 Å². The topological polar surface area (TPSA) is 106 Å². The third-order valence-corrected chi connectivity index (χ3v) is 5.66. The highest BCUT2D eigenvalue weighted by atomic mass is 16.7. The van der Waals surface area contributed by atoms with Crippen LogP contribution >= 0.6 is 0 Å². The second-order valence-electron chi connectivity index (χ2n) is 8.71. The van der Waals surface area contributed by atoms with E-state index in [2.05, 4.69) is 0 Å². The third kappa shape index (κ3) is 6.80. The molecule has 1 saturated heterocycles. The maximum Gasteiger partial charge on any atom is 0.412 e. The normalized spacial score (nSPS) is 15.4. The lowest BCUT2D eigenvalue weighted by Gasteiger charge is -2.34. The molecule has 2 aromatic carbocycles. The van der Waals surface area contributed by atoms with E-state index in [0.29, 0.717) is 37.1 Å². The van der Waals surface area contributed by atoms with Crippen LogP contribution in [0.15, 0.2) is 60.7 Å².